The molecule has 1 saturated carbocycles. The Hall–Kier alpha value is -4.05. The fourth-order valence-electron chi connectivity index (χ4n) is 5.12. The number of carbonyl (C=O) groups excluding carboxylic acids is 1. The highest BCUT2D eigenvalue weighted by Gasteiger charge is 2.38. The molecule has 0 radical (unpaired) electrons. The molecule has 0 saturated heterocycles. The average molecular weight is 589 g/mol. The largest absolute Gasteiger partial charge is 0.493 e. The summed E-state index contributed by atoms with van der Waals surface area (Å²) in [5.41, 5.74) is 1.97. The lowest BCUT2D eigenvalue weighted by molar-refractivity contribution is -0.114. The second-order valence-corrected chi connectivity index (χ2v) is 11.1. The van der Waals surface area contributed by atoms with E-state index >= 15 is 0 Å². The van der Waals surface area contributed by atoms with Gasteiger partial charge in [-0.1, -0.05) is 37.5 Å². The van der Waals surface area contributed by atoms with Gasteiger partial charge in [0.25, 0.3) is 5.91 Å². The predicted octanol–water partition coefficient (Wildman–Crippen LogP) is 6.48. The molecule has 2 aromatic rings. The molecule has 1 aliphatic carbocycles. The van der Waals surface area contributed by atoms with Crippen LogP contribution in [0.3, 0.4) is 0 Å². The smallest absolute Gasteiger partial charge is 0.283 e. The minimum atomic E-state index is -0.442. The van der Waals surface area contributed by atoms with Crippen LogP contribution in [0.15, 0.2) is 64.7 Å². The van der Waals surface area contributed by atoms with E-state index < -0.39 is 5.91 Å². The van der Waals surface area contributed by atoms with Crippen LogP contribution in [0.4, 0.5) is 0 Å². The maximum atomic E-state index is 12.9. The first-order valence-electron chi connectivity index (χ1n) is 14.3. The molecule has 2 aromatic carbocycles. The number of allylic oxidation sites excluding steroid dienone is 1. The number of rotatable bonds is 12. The minimum absolute atomic E-state index is 0.0340. The molecule has 2 aliphatic heterocycles. The first-order valence-corrected chi connectivity index (χ1v) is 15.1. The number of aliphatic imine (C=N–C) groups is 1. The number of carbonyl (C=O) groups is 1. The first kappa shape index (κ1) is 29.4. The van der Waals surface area contributed by atoms with E-state index in [4.69, 9.17) is 24.4 Å². The predicted molar refractivity (Wildman–Crippen MR) is 167 cm³/mol. The average Bonchev–Trinajstić information content (AvgIpc) is 3.44. The van der Waals surface area contributed by atoms with Crippen molar-refractivity contribution in [3.05, 3.63) is 65.8 Å². The van der Waals surface area contributed by atoms with E-state index in [-0.39, 0.29) is 18.0 Å². The van der Waals surface area contributed by atoms with Crippen molar-refractivity contribution in [3.8, 4) is 23.0 Å². The maximum Gasteiger partial charge on any atom is 0.283 e. The van der Waals surface area contributed by atoms with E-state index in [1.807, 2.05) is 37.3 Å². The summed E-state index contributed by atoms with van der Waals surface area (Å²) < 4.78 is 23.2. The Bertz CT molecular complexity index is 1440. The zero-order chi connectivity index (χ0) is 29.5. The lowest BCUT2D eigenvalue weighted by Crippen LogP contribution is -2.35. The molecular weight excluding hydrogens is 552 g/mol. The lowest BCUT2D eigenvalue weighted by Gasteiger charge is -2.20. The molecular formula is C32H36N4O5S. The van der Waals surface area contributed by atoms with Crippen molar-refractivity contribution in [2.75, 3.05) is 26.9 Å². The molecule has 5 rings (SSSR count). The number of nitrogens with one attached hydrogen (secondary N) is 1. The van der Waals surface area contributed by atoms with E-state index in [0.717, 1.165) is 29.9 Å². The van der Waals surface area contributed by atoms with Crippen LogP contribution in [0.5, 0.6) is 23.0 Å². The second-order valence-electron chi connectivity index (χ2n) is 10.1. The number of hydrogen-bond acceptors (Lipinski definition) is 8. The number of methoxy groups -OCH3 is 1. The van der Waals surface area contributed by atoms with Crippen molar-refractivity contribution in [2.45, 2.75) is 45.4 Å². The van der Waals surface area contributed by atoms with Gasteiger partial charge in [0.15, 0.2) is 28.8 Å². The van der Waals surface area contributed by atoms with Crippen molar-refractivity contribution >= 4 is 39.8 Å². The van der Waals surface area contributed by atoms with E-state index in [1.54, 1.807) is 25.3 Å². The van der Waals surface area contributed by atoms with Crippen molar-refractivity contribution in [2.24, 2.45) is 16.0 Å². The van der Waals surface area contributed by atoms with Crippen LogP contribution in [0.25, 0.3) is 6.08 Å². The fraction of sp³-hybridized carbons (Fsp3) is 0.375. The number of thioether (sulfide) groups is 1. The van der Waals surface area contributed by atoms with Crippen LogP contribution in [0.2, 0.25) is 0 Å². The van der Waals surface area contributed by atoms with Gasteiger partial charge in [0.2, 0.25) is 5.17 Å². The number of hydrazone groups is 1. The minimum Gasteiger partial charge on any atom is -0.493 e. The standard InChI is InChI=1S/C32H36N4O5S/c1-4-9-21-12-14-25(27(19-21)38-3)40-16-17-41-26-15-13-22(20-28(26)39-5-2)18-24-29(33)36-32(34-30(24)37)42-31(35-36)23-10-7-6-8-11-23/h4,12-15,18-20,23,33H,1,5-11,16-17H2,2-3H3. The van der Waals surface area contributed by atoms with Crippen LogP contribution in [0, 0.1) is 11.3 Å². The van der Waals surface area contributed by atoms with Gasteiger partial charge in [-0.2, -0.15) is 15.1 Å². The number of fused-ring (bicyclic) bond motifs is 1. The van der Waals surface area contributed by atoms with Crippen LogP contribution in [0.1, 0.15) is 50.2 Å². The summed E-state index contributed by atoms with van der Waals surface area (Å²) in [6.07, 6.45) is 10.1. The topological polar surface area (TPSA) is 106 Å². The highest BCUT2D eigenvalue weighted by molar-refractivity contribution is 8.27. The van der Waals surface area contributed by atoms with E-state index in [0.29, 0.717) is 52.9 Å². The summed E-state index contributed by atoms with van der Waals surface area (Å²) in [4.78, 5) is 17.2. The van der Waals surface area contributed by atoms with Crippen LogP contribution in [-0.2, 0) is 11.2 Å². The SMILES string of the molecule is C=CCc1ccc(OCCOc2ccc(C=C3C(=N)N4N=C(C5CCCCC5)SC4=NC3=O)cc2OCC)c(OC)c1. The van der Waals surface area contributed by atoms with Gasteiger partial charge in [-0.3, -0.25) is 10.2 Å². The Kier molecular flexibility index (Phi) is 9.63. The molecule has 9 nitrogen and oxygen atoms in total. The summed E-state index contributed by atoms with van der Waals surface area (Å²) >= 11 is 1.42. The van der Waals surface area contributed by atoms with Gasteiger partial charge in [0.05, 0.1) is 19.3 Å². The summed E-state index contributed by atoms with van der Waals surface area (Å²) in [5, 5.41) is 16.3. The highest BCUT2D eigenvalue weighted by atomic mass is 32.2. The van der Waals surface area contributed by atoms with Gasteiger partial charge in [0.1, 0.15) is 18.3 Å². The molecule has 0 aromatic heterocycles. The number of nitrogens with zero attached hydrogens (tertiary/aromatic N) is 3. The van der Waals surface area contributed by atoms with Gasteiger partial charge in [-0.15, -0.1) is 6.58 Å². The van der Waals surface area contributed by atoms with Gasteiger partial charge in [-0.25, -0.2) is 0 Å². The van der Waals surface area contributed by atoms with Gasteiger partial charge in [-0.05, 0) is 79.4 Å². The molecule has 3 aliphatic rings. The third-order valence-corrected chi connectivity index (χ3v) is 8.28. The summed E-state index contributed by atoms with van der Waals surface area (Å²) in [6.45, 7) is 6.69. The number of amides is 1. The van der Waals surface area contributed by atoms with Gasteiger partial charge in [0, 0.05) is 5.92 Å². The third-order valence-electron chi connectivity index (χ3n) is 7.21. The third kappa shape index (κ3) is 6.70. The van der Waals surface area contributed by atoms with Crippen LogP contribution >= 0.6 is 11.8 Å². The van der Waals surface area contributed by atoms with Crippen molar-refractivity contribution < 1.29 is 23.7 Å². The number of hydrogen-bond donors (Lipinski definition) is 1. The summed E-state index contributed by atoms with van der Waals surface area (Å²) in [5.74, 6) is 2.35. The molecule has 0 bridgehead atoms. The van der Waals surface area contributed by atoms with Crippen molar-refractivity contribution in [1.82, 2.24) is 5.01 Å². The number of benzene rings is 2. The molecule has 10 heteroatoms. The molecule has 1 fully saturated rings. The van der Waals surface area contributed by atoms with Crippen LogP contribution < -0.4 is 18.9 Å². The Morgan fingerprint density at radius 1 is 1.02 bits per heavy atom. The normalized spacial score (nSPS) is 18.0. The highest BCUT2D eigenvalue weighted by Crippen LogP contribution is 2.37. The maximum absolute atomic E-state index is 12.9. The molecule has 0 spiro atoms. The number of amidine groups is 2. The van der Waals surface area contributed by atoms with E-state index in [2.05, 4.69) is 16.7 Å². The van der Waals surface area contributed by atoms with E-state index in [1.165, 1.54) is 36.0 Å². The Labute approximate surface area is 250 Å². The molecule has 0 atom stereocenters. The van der Waals surface area contributed by atoms with E-state index in [9.17, 15) is 4.79 Å². The molecule has 0 unspecified atom stereocenters. The second kappa shape index (κ2) is 13.7. The van der Waals surface area contributed by atoms with Crippen molar-refractivity contribution in [3.63, 3.8) is 0 Å². The summed E-state index contributed by atoms with van der Waals surface area (Å²) in [7, 11) is 1.61. The summed E-state index contributed by atoms with van der Waals surface area (Å²) in [6, 6.07) is 11.2. The molecule has 42 heavy (non-hydrogen) atoms. The Balaban J connectivity index is 1.25. The lowest BCUT2D eigenvalue weighted by atomic mass is 9.90. The molecule has 1 amide bonds. The monoisotopic (exact) mass is 588 g/mol. The number of ether oxygens (including phenoxy) is 4. The molecule has 220 valence electrons. The molecule has 2 heterocycles. The molecule has 1 N–H and O–H groups in total. The van der Waals surface area contributed by atoms with Gasteiger partial charge < -0.3 is 18.9 Å². The first-order chi connectivity index (χ1) is 20.5. The van der Waals surface area contributed by atoms with Gasteiger partial charge >= 0.3 is 0 Å². The van der Waals surface area contributed by atoms with Crippen LogP contribution in [-0.4, -0.2) is 53.9 Å². The van der Waals surface area contributed by atoms with Crippen molar-refractivity contribution in [1.29, 1.82) is 5.41 Å². The zero-order valence-electron chi connectivity index (χ0n) is 24.1. The quantitative estimate of drug-likeness (QED) is 0.172. The Morgan fingerprint density at radius 3 is 2.48 bits per heavy atom. The zero-order valence-corrected chi connectivity index (χ0v) is 24.9. The fourth-order valence-corrected chi connectivity index (χ4v) is 6.18. The Morgan fingerprint density at radius 2 is 1.76 bits per heavy atom.